The first kappa shape index (κ1) is 17.8. The van der Waals surface area contributed by atoms with Gasteiger partial charge in [0.1, 0.15) is 18.2 Å². The summed E-state index contributed by atoms with van der Waals surface area (Å²) < 4.78 is 28.0. The van der Waals surface area contributed by atoms with Gasteiger partial charge in [-0.3, -0.25) is 4.79 Å². The smallest absolute Gasteiger partial charge is 0.246 e. The zero-order chi connectivity index (χ0) is 19.7. The van der Waals surface area contributed by atoms with E-state index in [1.54, 1.807) is 24.4 Å². The number of carbonyl (C=O) groups is 1. The number of benzene rings is 2. The van der Waals surface area contributed by atoms with E-state index in [1.165, 1.54) is 35.0 Å². The maximum Gasteiger partial charge on any atom is 0.246 e. The van der Waals surface area contributed by atoms with Crippen LogP contribution in [0.15, 0.2) is 60.8 Å². The number of pyridine rings is 1. The molecule has 2 aromatic carbocycles. The Morgan fingerprint density at radius 2 is 1.86 bits per heavy atom. The van der Waals surface area contributed by atoms with Gasteiger partial charge in [-0.1, -0.05) is 18.2 Å². The number of rotatable bonds is 4. The molecule has 0 aliphatic rings. The minimum atomic E-state index is -0.427. The van der Waals surface area contributed by atoms with Crippen molar-refractivity contribution in [3.05, 3.63) is 78.1 Å². The van der Waals surface area contributed by atoms with E-state index in [0.717, 1.165) is 16.5 Å². The first-order valence-corrected chi connectivity index (χ1v) is 8.65. The number of nitrogens with zero attached hydrogens (tertiary/aromatic N) is 3. The number of nitrogens with one attached hydrogen (secondary N) is 1. The molecule has 1 N–H and O–H groups in total. The Hall–Kier alpha value is -3.61. The molecule has 0 spiro atoms. The molecule has 0 fully saturated rings. The minimum absolute atomic E-state index is 0.0687. The summed E-state index contributed by atoms with van der Waals surface area (Å²) in [6.07, 6.45) is 1.63. The van der Waals surface area contributed by atoms with Crippen LogP contribution in [-0.2, 0) is 11.3 Å². The van der Waals surface area contributed by atoms with Crippen molar-refractivity contribution in [2.75, 3.05) is 5.32 Å². The first-order valence-electron chi connectivity index (χ1n) is 8.65. The van der Waals surface area contributed by atoms with E-state index < -0.39 is 5.82 Å². The lowest BCUT2D eigenvalue weighted by Crippen LogP contribution is -2.19. The van der Waals surface area contributed by atoms with E-state index in [9.17, 15) is 13.6 Å². The molecule has 0 saturated heterocycles. The normalized spacial score (nSPS) is 11.0. The number of aromatic nitrogens is 3. The first-order chi connectivity index (χ1) is 13.5. The fourth-order valence-electron chi connectivity index (χ4n) is 3.16. The highest BCUT2D eigenvalue weighted by atomic mass is 19.1. The van der Waals surface area contributed by atoms with Crippen LogP contribution >= 0.6 is 0 Å². The van der Waals surface area contributed by atoms with Crippen LogP contribution in [0.3, 0.4) is 0 Å². The molecule has 0 aliphatic carbocycles. The Labute approximate surface area is 159 Å². The van der Waals surface area contributed by atoms with Gasteiger partial charge in [0.25, 0.3) is 0 Å². The number of aryl methyl sites for hydroxylation is 1. The monoisotopic (exact) mass is 378 g/mol. The van der Waals surface area contributed by atoms with Gasteiger partial charge in [-0.2, -0.15) is 5.10 Å². The van der Waals surface area contributed by atoms with E-state index in [1.807, 2.05) is 13.0 Å². The Kier molecular flexibility index (Phi) is 4.57. The summed E-state index contributed by atoms with van der Waals surface area (Å²) in [6, 6.07) is 13.7. The summed E-state index contributed by atoms with van der Waals surface area (Å²) in [6.45, 7) is 1.76. The van der Waals surface area contributed by atoms with Crippen molar-refractivity contribution in [1.29, 1.82) is 0 Å². The van der Waals surface area contributed by atoms with E-state index in [-0.39, 0.29) is 18.3 Å². The average Bonchev–Trinajstić information content (AvgIpc) is 2.98. The van der Waals surface area contributed by atoms with Gasteiger partial charge in [-0.15, -0.1) is 0 Å². The molecule has 7 heteroatoms. The largest absolute Gasteiger partial charge is 0.324 e. The molecule has 0 aliphatic heterocycles. The molecular formula is C21H16F2N4O. The van der Waals surface area contributed by atoms with Crippen molar-refractivity contribution in [1.82, 2.24) is 14.8 Å². The Balaban J connectivity index is 1.66. The zero-order valence-electron chi connectivity index (χ0n) is 15.0. The number of carbonyl (C=O) groups excluding carboxylic acids is 1. The van der Waals surface area contributed by atoms with Crippen LogP contribution < -0.4 is 5.32 Å². The van der Waals surface area contributed by atoms with E-state index in [0.29, 0.717) is 17.0 Å². The minimum Gasteiger partial charge on any atom is -0.324 e. The summed E-state index contributed by atoms with van der Waals surface area (Å²) in [5.74, 6) is -1.08. The topological polar surface area (TPSA) is 59.8 Å². The molecule has 4 aromatic rings. The molecule has 5 nitrogen and oxygen atoms in total. The van der Waals surface area contributed by atoms with Crippen LogP contribution in [-0.4, -0.2) is 20.7 Å². The second-order valence-electron chi connectivity index (χ2n) is 6.37. The third kappa shape index (κ3) is 3.46. The zero-order valence-corrected chi connectivity index (χ0v) is 15.0. The highest BCUT2D eigenvalue weighted by Crippen LogP contribution is 2.29. The third-order valence-corrected chi connectivity index (χ3v) is 4.36. The van der Waals surface area contributed by atoms with Gasteiger partial charge in [0.05, 0.1) is 5.69 Å². The third-order valence-electron chi connectivity index (χ3n) is 4.36. The van der Waals surface area contributed by atoms with Gasteiger partial charge in [-0.05, 0) is 54.4 Å². The van der Waals surface area contributed by atoms with Gasteiger partial charge >= 0.3 is 0 Å². The summed E-state index contributed by atoms with van der Waals surface area (Å²) in [5, 5.41) is 7.89. The van der Waals surface area contributed by atoms with Crippen molar-refractivity contribution >= 4 is 22.6 Å². The lowest BCUT2D eigenvalue weighted by Gasteiger charge is -2.07. The maximum atomic E-state index is 13.3. The summed E-state index contributed by atoms with van der Waals surface area (Å²) in [7, 11) is 0. The van der Waals surface area contributed by atoms with Crippen LogP contribution in [0.25, 0.3) is 22.2 Å². The SMILES string of the molecule is Cc1nn(CC(=O)Nc2cccc(F)c2)c2nccc(-c3ccc(F)cc3)c12. The van der Waals surface area contributed by atoms with Gasteiger partial charge < -0.3 is 5.32 Å². The van der Waals surface area contributed by atoms with Crippen molar-refractivity contribution in [3.63, 3.8) is 0 Å². The van der Waals surface area contributed by atoms with Gasteiger partial charge in [0.15, 0.2) is 5.65 Å². The molecule has 0 bridgehead atoms. The lowest BCUT2D eigenvalue weighted by atomic mass is 10.0. The molecule has 0 unspecified atom stereocenters. The fourth-order valence-corrected chi connectivity index (χ4v) is 3.16. The fraction of sp³-hybridized carbons (Fsp3) is 0.0952. The predicted molar refractivity (Wildman–Crippen MR) is 103 cm³/mol. The molecule has 140 valence electrons. The molecule has 0 radical (unpaired) electrons. The van der Waals surface area contributed by atoms with Crippen molar-refractivity contribution in [2.24, 2.45) is 0 Å². The lowest BCUT2D eigenvalue weighted by molar-refractivity contribution is -0.116. The molecule has 2 heterocycles. The number of halogens is 2. The van der Waals surface area contributed by atoms with E-state index in [4.69, 9.17) is 0 Å². The van der Waals surface area contributed by atoms with Crippen LogP contribution in [0.2, 0.25) is 0 Å². The molecule has 1 amide bonds. The molecule has 2 aromatic heterocycles. The highest BCUT2D eigenvalue weighted by Gasteiger charge is 2.16. The van der Waals surface area contributed by atoms with Crippen LogP contribution in [0.5, 0.6) is 0 Å². The molecule has 28 heavy (non-hydrogen) atoms. The summed E-state index contributed by atoms with van der Waals surface area (Å²) in [5.41, 5.74) is 3.33. The Morgan fingerprint density at radius 1 is 1.07 bits per heavy atom. The second kappa shape index (κ2) is 7.19. The molecule has 0 atom stereocenters. The van der Waals surface area contributed by atoms with Crippen LogP contribution in [0.4, 0.5) is 14.5 Å². The number of hydrogen-bond acceptors (Lipinski definition) is 3. The quantitative estimate of drug-likeness (QED) is 0.575. The summed E-state index contributed by atoms with van der Waals surface area (Å²) >= 11 is 0. The summed E-state index contributed by atoms with van der Waals surface area (Å²) in [4.78, 5) is 16.7. The predicted octanol–water partition coefficient (Wildman–Crippen LogP) is 4.32. The average molecular weight is 378 g/mol. The number of fused-ring (bicyclic) bond motifs is 1. The number of amides is 1. The standard InChI is InChI=1S/C21H16F2N4O/c1-13-20-18(14-5-7-15(22)8-6-14)9-10-24-21(20)27(26-13)12-19(28)25-17-4-2-3-16(23)11-17/h2-11H,12H2,1H3,(H,25,28). The second-order valence-corrected chi connectivity index (χ2v) is 6.37. The molecular weight excluding hydrogens is 362 g/mol. The molecule has 0 saturated carbocycles. The van der Waals surface area contributed by atoms with Crippen molar-refractivity contribution < 1.29 is 13.6 Å². The van der Waals surface area contributed by atoms with Gasteiger partial charge in [0.2, 0.25) is 5.91 Å². The van der Waals surface area contributed by atoms with Crippen molar-refractivity contribution in [3.8, 4) is 11.1 Å². The number of anilines is 1. The Morgan fingerprint density at radius 3 is 2.61 bits per heavy atom. The number of hydrogen-bond donors (Lipinski definition) is 1. The van der Waals surface area contributed by atoms with Crippen LogP contribution in [0.1, 0.15) is 5.69 Å². The molecule has 4 rings (SSSR count). The van der Waals surface area contributed by atoms with E-state index in [2.05, 4.69) is 15.4 Å². The van der Waals surface area contributed by atoms with E-state index >= 15 is 0 Å². The highest BCUT2D eigenvalue weighted by molar-refractivity contribution is 5.96. The van der Waals surface area contributed by atoms with Crippen LogP contribution in [0, 0.1) is 18.6 Å². The Bertz CT molecular complexity index is 1170. The van der Waals surface area contributed by atoms with Crippen molar-refractivity contribution in [2.45, 2.75) is 13.5 Å². The van der Waals surface area contributed by atoms with Gasteiger partial charge in [0, 0.05) is 17.3 Å². The maximum absolute atomic E-state index is 13.3. The van der Waals surface area contributed by atoms with Gasteiger partial charge in [-0.25, -0.2) is 18.4 Å².